The predicted molar refractivity (Wildman–Crippen MR) is 81.6 cm³/mol. The minimum absolute atomic E-state index is 0.232. The van der Waals surface area contributed by atoms with Crippen molar-refractivity contribution in [2.75, 3.05) is 19.8 Å². The smallest absolute Gasteiger partial charge is 0.330 e. The van der Waals surface area contributed by atoms with Crippen molar-refractivity contribution in [1.82, 2.24) is 5.32 Å². The number of nitrogens with one attached hydrogen (secondary N) is 1. The van der Waals surface area contributed by atoms with E-state index in [0.717, 1.165) is 0 Å². The molecule has 0 saturated heterocycles. The third kappa shape index (κ3) is 5.96. The molecule has 0 aliphatic rings. The van der Waals surface area contributed by atoms with Crippen molar-refractivity contribution in [1.29, 1.82) is 0 Å². The number of hydrogen-bond donors (Lipinski definition) is 2. The first-order valence-corrected chi connectivity index (χ1v) is 7.35. The lowest BCUT2D eigenvalue weighted by Crippen LogP contribution is -2.40. The Morgan fingerprint density at radius 1 is 1.35 bits per heavy atom. The number of carboxylic acids is 1. The molecule has 0 heterocycles. The highest BCUT2D eigenvalue weighted by atomic mass is 19.1. The molecule has 128 valence electrons. The summed E-state index contributed by atoms with van der Waals surface area (Å²) in [7, 11) is 0. The first kappa shape index (κ1) is 19.1. The maximum atomic E-state index is 13.3. The summed E-state index contributed by atoms with van der Waals surface area (Å²) < 4.78 is 23.7. The molecule has 2 N–H and O–H groups in total. The van der Waals surface area contributed by atoms with Crippen LogP contribution in [0.25, 0.3) is 0 Å². The van der Waals surface area contributed by atoms with Gasteiger partial charge in [0.25, 0.3) is 0 Å². The highest BCUT2D eigenvalue weighted by Crippen LogP contribution is 2.17. The number of amides is 1. The van der Waals surface area contributed by atoms with Crippen LogP contribution in [-0.4, -0.2) is 42.9 Å². The van der Waals surface area contributed by atoms with Crippen molar-refractivity contribution < 1.29 is 28.6 Å². The van der Waals surface area contributed by atoms with Crippen LogP contribution in [0, 0.1) is 12.7 Å². The van der Waals surface area contributed by atoms with Crippen molar-refractivity contribution in [2.45, 2.75) is 32.9 Å². The zero-order valence-corrected chi connectivity index (χ0v) is 13.5. The number of aryl methyl sites for hydroxylation is 1. The van der Waals surface area contributed by atoms with Gasteiger partial charge < -0.3 is 19.9 Å². The Kier molecular flexibility index (Phi) is 7.64. The largest absolute Gasteiger partial charge is 0.479 e. The normalized spacial score (nSPS) is 13.4. The van der Waals surface area contributed by atoms with Crippen molar-refractivity contribution in [3.63, 3.8) is 0 Å². The lowest BCUT2D eigenvalue weighted by Gasteiger charge is -2.19. The topological polar surface area (TPSA) is 84.9 Å². The monoisotopic (exact) mass is 327 g/mol. The Morgan fingerprint density at radius 2 is 2.04 bits per heavy atom. The summed E-state index contributed by atoms with van der Waals surface area (Å²) in [6, 6.07) is 2.64. The molecule has 7 heteroatoms. The minimum atomic E-state index is -1.26. The molecule has 0 aromatic heterocycles. The van der Waals surface area contributed by atoms with E-state index < -0.39 is 29.8 Å². The number of aliphatic carboxylic acids is 1. The number of carbonyl (C=O) groups excluding carboxylic acids is 1. The van der Waals surface area contributed by atoms with E-state index in [4.69, 9.17) is 9.47 Å². The highest BCUT2D eigenvalue weighted by Gasteiger charge is 2.25. The summed E-state index contributed by atoms with van der Waals surface area (Å²) in [5.41, 5.74) is 0.607. The molecule has 0 spiro atoms. The van der Waals surface area contributed by atoms with Gasteiger partial charge in [-0.15, -0.1) is 0 Å². The average molecular weight is 327 g/mol. The van der Waals surface area contributed by atoms with Crippen LogP contribution in [0.2, 0.25) is 0 Å². The number of halogens is 1. The fraction of sp³-hybridized carbons (Fsp3) is 0.500. The Morgan fingerprint density at radius 3 is 2.61 bits per heavy atom. The summed E-state index contributed by atoms with van der Waals surface area (Å²) in [4.78, 5) is 23.4. The molecule has 0 aliphatic heterocycles. The molecule has 6 nitrogen and oxygen atoms in total. The molecule has 1 amide bonds. The number of hydrogen-bond acceptors (Lipinski definition) is 4. The fourth-order valence-corrected chi connectivity index (χ4v) is 1.90. The zero-order chi connectivity index (χ0) is 17.4. The van der Waals surface area contributed by atoms with Crippen LogP contribution in [0.5, 0.6) is 0 Å². The van der Waals surface area contributed by atoms with Crippen LogP contribution < -0.4 is 5.32 Å². The van der Waals surface area contributed by atoms with Gasteiger partial charge in [-0.2, -0.15) is 0 Å². The van der Waals surface area contributed by atoms with Gasteiger partial charge in [-0.05, 0) is 38.0 Å². The van der Waals surface area contributed by atoms with E-state index in [1.807, 2.05) is 6.92 Å². The van der Waals surface area contributed by atoms with Gasteiger partial charge in [0, 0.05) is 6.61 Å². The molecule has 0 aliphatic carbocycles. The standard InChI is InChI=1S/C16H22FNO5/c1-4-22-7-8-23-11(3)15(19)18-14(16(20)21)12-5-6-13(17)10(2)9-12/h5-6,9,11,14H,4,7-8H2,1-3H3,(H,18,19)(H,20,21). The molecule has 2 atom stereocenters. The predicted octanol–water partition coefficient (Wildman–Crippen LogP) is 1.82. The fourth-order valence-electron chi connectivity index (χ4n) is 1.90. The molecular formula is C16H22FNO5. The molecule has 1 aromatic rings. The maximum absolute atomic E-state index is 13.3. The zero-order valence-electron chi connectivity index (χ0n) is 13.5. The Bertz CT molecular complexity index is 549. The van der Waals surface area contributed by atoms with Gasteiger partial charge >= 0.3 is 5.97 Å². The SMILES string of the molecule is CCOCCOC(C)C(=O)NC(C(=O)O)c1ccc(F)c(C)c1. The molecule has 2 unspecified atom stereocenters. The van der Waals surface area contributed by atoms with Crippen LogP contribution in [0.4, 0.5) is 4.39 Å². The van der Waals surface area contributed by atoms with Crippen LogP contribution >= 0.6 is 0 Å². The van der Waals surface area contributed by atoms with E-state index in [9.17, 15) is 19.1 Å². The number of ether oxygens (including phenoxy) is 2. The summed E-state index contributed by atoms with van der Waals surface area (Å²) in [6.07, 6.45) is -0.821. The second kappa shape index (κ2) is 9.22. The molecule has 1 rings (SSSR count). The van der Waals surface area contributed by atoms with Crippen molar-refractivity contribution >= 4 is 11.9 Å². The lowest BCUT2D eigenvalue weighted by atomic mass is 10.0. The highest BCUT2D eigenvalue weighted by molar-refractivity contribution is 5.86. The molecule has 1 aromatic carbocycles. The molecule has 23 heavy (non-hydrogen) atoms. The van der Waals surface area contributed by atoms with Gasteiger partial charge in [-0.1, -0.05) is 12.1 Å². The first-order valence-electron chi connectivity index (χ1n) is 7.35. The van der Waals surface area contributed by atoms with Crippen molar-refractivity contribution in [2.24, 2.45) is 0 Å². The van der Waals surface area contributed by atoms with Gasteiger partial charge in [-0.3, -0.25) is 4.79 Å². The van der Waals surface area contributed by atoms with Crippen LogP contribution in [0.3, 0.4) is 0 Å². The van der Waals surface area contributed by atoms with E-state index in [1.165, 1.54) is 32.0 Å². The third-order valence-electron chi connectivity index (χ3n) is 3.22. The van der Waals surface area contributed by atoms with E-state index in [-0.39, 0.29) is 6.61 Å². The Hall–Kier alpha value is -1.99. The van der Waals surface area contributed by atoms with Crippen LogP contribution in [0.1, 0.15) is 31.0 Å². The molecular weight excluding hydrogens is 305 g/mol. The number of carbonyl (C=O) groups is 2. The third-order valence-corrected chi connectivity index (χ3v) is 3.22. The average Bonchev–Trinajstić information content (AvgIpc) is 2.51. The molecule has 0 bridgehead atoms. The first-order chi connectivity index (χ1) is 10.9. The van der Waals surface area contributed by atoms with Gasteiger partial charge in [-0.25, -0.2) is 9.18 Å². The number of rotatable bonds is 9. The lowest BCUT2D eigenvalue weighted by molar-refractivity contribution is -0.144. The number of benzene rings is 1. The van der Waals surface area contributed by atoms with Gasteiger partial charge in [0.2, 0.25) is 5.91 Å². The molecule has 0 fully saturated rings. The van der Waals surface area contributed by atoms with Gasteiger partial charge in [0.15, 0.2) is 6.04 Å². The second-order valence-electron chi connectivity index (χ2n) is 5.00. The summed E-state index contributed by atoms with van der Waals surface area (Å²) in [5, 5.41) is 11.7. The van der Waals surface area contributed by atoms with E-state index in [0.29, 0.717) is 24.3 Å². The minimum Gasteiger partial charge on any atom is -0.479 e. The van der Waals surface area contributed by atoms with Crippen molar-refractivity contribution in [3.8, 4) is 0 Å². The van der Waals surface area contributed by atoms with Gasteiger partial charge in [0.1, 0.15) is 11.9 Å². The second-order valence-corrected chi connectivity index (χ2v) is 5.00. The van der Waals surface area contributed by atoms with Crippen LogP contribution in [0.15, 0.2) is 18.2 Å². The van der Waals surface area contributed by atoms with E-state index in [1.54, 1.807) is 0 Å². The summed E-state index contributed by atoms with van der Waals surface area (Å²) in [5.74, 6) is -2.22. The van der Waals surface area contributed by atoms with E-state index in [2.05, 4.69) is 5.32 Å². The Balaban J connectivity index is 2.70. The Labute approximate surface area is 134 Å². The maximum Gasteiger partial charge on any atom is 0.330 e. The van der Waals surface area contributed by atoms with E-state index >= 15 is 0 Å². The molecule has 0 radical (unpaired) electrons. The van der Waals surface area contributed by atoms with Crippen molar-refractivity contribution in [3.05, 3.63) is 35.1 Å². The number of carboxylic acid groups (broad SMARTS) is 1. The molecule has 0 saturated carbocycles. The quantitative estimate of drug-likeness (QED) is 0.676. The van der Waals surface area contributed by atoms with Crippen LogP contribution in [-0.2, 0) is 19.1 Å². The van der Waals surface area contributed by atoms with Gasteiger partial charge in [0.05, 0.1) is 13.2 Å². The summed E-state index contributed by atoms with van der Waals surface area (Å²) >= 11 is 0. The summed E-state index contributed by atoms with van der Waals surface area (Å²) in [6.45, 7) is 6.03.